The minimum absolute atomic E-state index is 0.117. The molecular weight excluding hydrogens is 630 g/mol. The Hall–Kier alpha value is -2.31. The van der Waals surface area contributed by atoms with E-state index in [1.807, 2.05) is 4.57 Å². The van der Waals surface area contributed by atoms with Crippen LogP contribution in [0.1, 0.15) is 31.5 Å². The summed E-state index contributed by atoms with van der Waals surface area (Å²) < 4.78 is 44.9. The van der Waals surface area contributed by atoms with E-state index < -0.39 is 32.0 Å². The number of nitrogens with two attached hydrogens (primary N) is 2. The van der Waals surface area contributed by atoms with Crippen molar-refractivity contribution in [2.75, 3.05) is 31.8 Å². The lowest BCUT2D eigenvalue weighted by molar-refractivity contribution is -0.0380. The maximum absolute atomic E-state index is 13.3. The molecule has 2 fully saturated rings. The van der Waals surface area contributed by atoms with E-state index in [-0.39, 0.29) is 37.4 Å². The summed E-state index contributed by atoms with van der Waals surface area (Å²) in [6, 6.07) is 0.146. The van der Waals surface area contributed by atoms with Crippen molar-refractivity contribution in [2.45, 2.75) is 43.7 Å². The van der Waals surface area contributed by atoms with Crippen LogP contribution in [0.15, 0.2) is 25.3 Å². The number of aromatic nitrogens is 8. The van der Waals surface area contributed by atoms with E-state index in [4.69, 9.17) is 46.1 Å². The van der Waals surface area contributed by atoms with Gasteiger partial charge in [0, 0.05) is 19.6 Å². The summed E-state index contributed by atoms with van der Waals surface area (Å²) in [5, 5.41) is 0. The molecule has 0 spiro atoms. The highest BCUT2D eigenvalue weighted by Gasteiger charge is 2.43. The second-order valence-corrected chi connectivity index (χ2v) is 15.7. The minimum atomic E-state index is -3.85. The predicted octanol–water partition coefficient (Wildman–Crippen LogP) is 2.39. The van der Waals surface area contributed by atoms with E-state index in [1.165, 1.54) is 26.1 Å². The van der Waals surface area contributed by atoms with Gasteiger partial charge in [-0.1, -0.05) is 12.2 Å². The van der Waals surface area contributed by atoms with E-state index in [2.05, 4.69) is 42.2 Å². The van der Waals surface area contributed by atoms with Gasteiger partial charge in [0.25, 0.3) is 0 Å². The zero-order valence-electron chi connectivity index (χ0n) is 22.1. The monoisotopic (exact) mass is 658 g/mol. The van der Waals surface area contributed by atoms with Crippen LogP contribution < -0.4 is 11.5 Å². The topological polar surface area (TPSA) is 223 Å². The Morgan fingerprint density at radius 1 is 1.00 bits per heavy atom. The molecule has 21 heteroatoms. The lowest BCUT2D eigenvalue weighted by Gasteiger charge is -2.36. The average molecular weight is 659 g/mol. The van der Waals surface area contributed by atoms with Gasteiger partial charge in [-0.05, 0) is 30.6 Å². The van der Waals surface area contributed by atoms with Crippen molar-refractivity contribution in [2.24, 2.45) is 5.92 Å². The molecule has 1 saturated heterocycles. The Morgan fingerprint density at radius 2 is 1.62 bits per heavy atom. The highest BCUT2D eigenvalue weighted by atomic mass is 32.7. The number of rotatable bonds is 11. The van der Waals surface area contributed by atoms with E-state index in [9.17, 15) is 9.46 Å². The Morgan fingerprint density at radius 3 is 2.26 bits per heavy atom. The third-order valence-electron chi connectivity index (χ3n) is 7.24. The van der Waals surface area contributed by atoms with Gasteiger partial charge in [-0.2, -0.15) is 0 Å². The van der Waals surface area contributed by atoms with Gasteiger partial charge in [0.2, 0.25) is 0 Å². The van der Waals surface area contributed by atoms with Crippen molar-refractivity contribution >= 4 is 71.5 Å². The predicted molar refractivity (Wildman–Crippen MR) is 157 cm³/mol. The standard InChI is InChI=1S/C21H28N10O7P2S2/c1-34-39(32,41)36-6-14-13(4-15(37-14)31-10-29-17-19(23)25-8-27-21(17)31)38-40(33,42)35-5-11-2-12(3-11)30-9-28-16-18(22)24-7-26-20(16)30/h7-15H,2-6H2,1H3,(H,32,41)(H,33,42)(H2,22,24,26)(H2,23,25,27)/t11?,12?,13-,14+,15+,39?,40?/m0/s1. The van der Waals surface area contributed by atoms with Crippen molar-refractivity contribution in [3.05, 3.63) is 25.3 Å². The fraction of sp³-hybridized carbons (Fsp3) is 0.524. The molecule has 2 aliphatic rings. The molecule has 226 valence electrons. The number of hydrogen-bond acceptors (Lipinski definition) is 15. The molecule has 0 amide bonds. The summed E-state index contributed by atoms with van der Waals surface area (Å²) in [5.41, 5.74) is 13.9. The van der Waals surface area contributed by atoms with Gasteiger partial charge in [-0.15, -0.1) is 0 Å². The Kier molecular flexibility index (Phi) is 8.25. The molecule has 4 aromatic heterocycles. The van der Waals surface area contributed by atoms with Crippen LogP contribution in [0.3, 0.4) is 0 Å². The smallest absolute Gasteiger partial charge is 0.382 e. The lowest BCUT2D eigenvalue weighted by Crippen LogP contribution is -2.30. The van der Waals surface area contributed by atoms with Crippen molar-refractivity contribution in [1.82, 2.24) is 39.0 Å². The Labute approximate surface area is 249 Å². The van der Waals surface area contributed by atoms with Crippen molar-refractivity contribution in [1.29, 1.82) is 0 Å². The van der Waals surface area contributed by atoms with Crippen LogP contribution in [-0.2, 0) is 39.2 Å². The van der Waals surface area contributed by atoms with Gasteiger partial charge < -0.3 is 39.2 Å². The molecule has 17 nitrogen and oxygen atoms in total. The number of hydrogen-bond donors (Lipinski definition) is 4. The lowest BCUT2D eigenvalue weighted by atomic mass is 9.81. The van der Waals surface area contributed by atoms with Crippen LogP contribution in [0.2, 0.25) is 0 Å². The molecule has 0 radical (unpaired) electrons. The van der Waals surface area contributed by atoms with Crippen molar-refractivity contribution < 1.29 is 32.3 Å². The summed E-state index contributed by atoms with van der Waals surface area (Å²) in [7, 11) is 1.24. The number of fused-ring (bicyclic) bond motifs is 2. The quantitative estimate of drug-likeness (QED) is 0.134. The first kappa shape index (κ1) is 29.7. The number of nitrogen functional groups attached to an aromatic ring is 2. The van der Waals surface area contributed by atoms with Crippen LogP contribution >= 0.6 is 25.8 Å². The Balaban J connectivity index is 1.10. The van der Waals surface area contributed by atoms with Crippen molar-refractivity contribution in [3.63, 3.8) is 0 Å². The van der Waals surface area contributed by atoms with Gasteiger partial charge in [-0.25, -0.2) is 34.5 Å². The Bertz CT molecular complexity index is 1700. The van der Waals surface area contributed by atoms with E-state index in [1.54, 1.807) is 10.9 Å². The summed E-state index contributed by atoms with van der Waals surface area (Å²) in [5.74, 6) is 0.662. The minimum Gasteiger partial charge on any atom is -0.382 e. The summed E-state index contributed by atoms with van der Waals surface area (Å²) >= 11 is 9.17. The normalized spacial score (nSPS) is 27.2. The number of nitrogens with zero attached hydrogens (tertiary/aromatic N) is 8. The molecule has 42 heavy (non-hydrogen) atoms. The molecule has 1 aliphatic heterocycles. The van der Waals surface area contributed by atoms with Gasteiger partial charge in [0.05, 0.1) is 25.9 Å². The fourth-order valence-electron chi connectivity index (χ4n) is 5.04. The van der Waals surface area contributed by atoms with E-state index in [0.717, 1.165) is 12.8 Å². The van der Waals surface area contributed by atoms with E-state index >= 15 is 0 Å². The highest BCUT2D eigenvalue weighted by molar-refractivity contribution is 8.44. The van der Waals surface area contributed by atoms with Gasteiger partial charge in [-0.3, -0.25) is 9.09 Å². The second-order valence-electron chi connectivity index (χ2n) is 9.88. The molecule has 5 N–H and O–H groups in total. The second kappa shape index (κ2) is 11.6. The third kappa shape index (κ3) is 6.04. The average Bonchev–Trinajstić information content (AvgIpc) is 3.65. The summed E-state index contributed by atoms with van der Waals surface area (Å²) in [4.78, 5) is 35.1. The largest absolute Gasteiger partial charge is 0.386 e. The molecule has 0 bridgehead atoms. The van der Waals surface area contributed by atoms with Crippen LogP contribution in [0.25, 0.3) is 22.3 Å². The molecule has 5 heterocycles. The van der Waals surface area contributed by atoms with E-state index in [0.29, 0.717) is 28.1 Å². The number of thiol groups is 1. The molecule has 1 saturated carbocycles. The van der Waals surface area contributed by atoms with Crippen LogP contribution in [-0.4, -0.2) is 76.5 Å². The summed E-state index contributed by atoms with van der Waals surface area (Å²) in [6.07, 6.45) is 5.39. The zero-order chi connectivity index (χ0) is 29.6. The van der Waals surface area contributed by atoms with Gasteiger partial charge >= 0.3 is 13.5 Å². The summed E-state index contributed by atoms with van der Waals surface area (Å²) in [6.45, 7) is -7.37. The number of imidazole rings is 2. The molecule has 6 rings (SSSR count). The highest BCUT2D eigenvalue weighted by Crippen LogP contribution is 2.57. The number of ether oxygens (including phenoxy) is 1. The molecule has 2 unspecified atom stereocenters. The van der Waals surface area contributed by atoms with Crippen LogP contribution in [0, 0.1) is 5.92 Å². The number of anilines is 2. The zero-order valence-corrected chi connectivity index (χ0v) is 25.6. The molecule has 5 atom stereocenters. The van der Waals surface area contributed by atoms with Crippen LogP contribution in [0.4, 0.5) is 11.6 Å². The maximum atomic E-state index is 13.3. The molecule has 1 aliphatic carbocycles. The first-order valence-corrected chi connectivity index (χ1v) is 18.0. The SMILES string of the molecule is COP(O)(=S)OC[C@H]1O[C@@H](n2cnc3c(N)ncnc32)C[C@@H]1OP(=O)(S)OCC1CC(n2cnc3c(N)ncnc32)C1. The third-order valence-corrected chi connectivity index (χ3v) is 10.6. The fourth-order valence-corrected chi connectivity index (χ4v) is 7.25. The van der Waals surface area contributed by atoms with Crippen molar-refractivity contribution in [3.8, 4) is 0 Å². The molecule has 0 aromatic carbocycles. The van der Waals surface area contributed by atoms with Gasteiger partial charge in [0.1, 0.15) is 42.1 Å². The first-order valence-electron chi connectivity index (χ1n) is 12.7. The maximum Gasteiger partial charge on any atom is 0.386 e. The first-order chi connectivity index (χ1) is 20.0. The van der Waals surface area contributed by atoms with Gasteiger partial charge in [0.15, 0.2) is 22.9 Å². The molecule has 4 aromatic rings. The molecular formula is C21H28N10O7P2S2. The van der Waals surface area contributed by atoms with Crippen LogP contribution in [0.5, 0.6) is 0 Å².